The number of ether oxygens (including phenoxy) is 2. The lowest BCUT2D eigenvalue weighted by Crippen LogP contribution is -2.46. The standard InChI is InChI=1S/C18H24N2O4/c1-13(21)20(15-5-3-2-4-6-15)11-18(22)19-10-14-7-8-16-17(9-14)24-12-23-16/h7-9,15H,2-6,10-12H2,1H3,(H,19,22). The second-order valence-electron chi connectivity index (χ2n) is 6.40. The molecule has 6 heteroatoms. The molecular weight excluding hydrogens is 308 g/mol. The molecule has 2 amide bonds. The Morgan fingerprint density at radius 1 is 1.17 bits per heavy atom. The molecule has 1 heterocycles. The number of carbonyl (C=O) groups excluding carboxylic acids is 2. The van der Waals surface area contributed by atoms with Crippen LogP contribution in [0.15, 0.2) is 18.2 Å². The fourth-order valence-corrected chi connectivity index (χ4v) is 3.35. The van der Waals surface area contributed by atoms with Crippen molar-refractivity contribution in [3.63, 3.8) is 0 Å². The van der Waals surface area contributed by atoms with E-state index in [4.69, 9.17) is 9.47 Å². The van der Waals surface area contributed by atoms with Gasteiger partial charge in [0.1, 0.15) is 0 Å². The molecule has 0 bridgehead atoms. The quantitative estimate of drug-likeness (QED) is 0.898. The molecule has 130 valence electrons. The smallest absolute Gasteiger partial charge is 0.239 e. The summed E-state index contributed by atoms with van der Waals surface area (Å²) in [7, 11) is 0. The molecule has 1 N–H and O–H groups in total. The maximum Gasteiger partial charge on any atom is 0.239 e. The van der Waals surface area contributed by atoms with Crippen LogP contribution in [0.5, 0.6) is 11.5 Å². The summed E-state index contributed by atoms with van der Waals surface area (Å²) in [5.41, 5.74) is 0.944. The van der Waals surface area contributed by atoms with Crippen LogP contribution >= 0.6 is 0 Å². The molecule has 1 aromatic rings. The highest BCUT2D eigenvalue weighted by atomic mass is 16.7. The molecule has 1 aliphatic carbocycles. The lowest BCUT2D eigenvalue weighted by molar-refractivity contribution is -0.137. The van der Waals surface area contributed by atoms with Crippen molar-refractivity contribution in [3.8, 4) is 11.5 Å². The SMILES string of the molecule is CC(=O)N(CC(=O)NCc1ccc2c(c1)OCO2)C1CCCCC1. The predicted octanol–water partition coefficient (Wildman–Crippen LogP) is 2.21. The summed E-state index contributed by atoms with van der Waals surface area (Å²) in [6.45, 7) is 2.32. The Balaban J connectivity index is 1.53. The van der Waals surface area contributed by atoms with Gasteiger partial charge in [0.05, 0.1) is 6.54 Å². The molecular formula is C18H24N2O4. The van der Waals surface area contributed by atoms with Crippen molar-refractivity contribution in [2.45, 2.75) is 51.6 Å². The maximum absolute atomic E-state index is 12.2. The van der Waals surface area contributed by atoms with Gasteiger partial charge in [0.15, 0.2) is 11.5 Å². The Bertz CT molecular complexity index is 611. The minimum atomic E-state index is -0.131. The highest BCUT2D eigenvalue weighted by Gasteiger charge is 2.25. The zero-order valence-corrected chi connectivity index (χ0v) is 14.0. The third-order valence-electron chi connectivity index (χ3n) is 4.66. The van der Waals surface area contributed by atoms with Gasteiger partial charge >= 0.3 is 0 Å². The van der Waals surface area contributed by atoms with Gasteiger partial charge in [0.2, 0.25) is 18.6 Å². The summed E-state index contributed by atoms with van der Waals surface area (Å²) >= 11 is 0. The molecule has 0 unspecified atom stereocenters. The topological polar surface area (TPSA) is 67.9 Å². The number of nitrogens with zero attached hydrogens (tertiary/aromatic N) is 1. The molecule has 1 aliphatic heterocycles. The van der Waals surface area contributed by atoms with Crippen LogP contribution in [0.2, 0.25) is 0 Å². The first-order valence-corrected chi connectivity index (χ1v) is 8.56. The predicted molar refractivity (Wildman–Crippen MR) is 88.7 cm³/mol. The van der Waals surface area contributed by atoms with Gasteiger partial charge < -0.3 is 19.7 Å². The Morgan fingerprint density at radius 3 is 2.67 bits per heavy atom. The van der Waals surface area contributed by atoms with Crippen molar-refractivity contribution < 1.29 is 19.1 Å². The molecule has 1 fully saturated rings. The number of carbonyl (C=O) groups is 2. The second-order valence-corrected chi connectivity index (χ2v) is 6.40. The van der Waals surface area contributed by atoms with E-state index in [9.17, 15) is 9.59 Å². The number of hydrogen-bond acceptors (Lipinski definition) is 4. The Morgan fingerprint density at radius 2 is 1.92 bits per heavy atom. The van der Waals surface area contributed by atoms with Gasteiger partial charge in [0.25, 0.3) is 0 Å². The molecule has 0 saturated heterocycles. The third kappa shape index (κ3) is 3.99. The average molecular weight is 332 g/mol. The Kier molecular flexibility index (Phi) is 5.23. The van der Waals surface area contributed by atoms with Crippen molar-refractivity contribution in [1.82, 2.24) is 10.2 Å². The Hall–Kier alpha value is -2.24. The van der Waals surface area contributed by atoms with Crippen molar-refractivity contribution in [2.75, 3.05) is 13.3 Å². The lowest BCUT2D eigenvalue weighted by Gasteiger charge is -2.33. The van der Waals surface area contributed by atoms with E-state index in [0.717, 1.165) is 37.0 Å². The molecule has 0 radical (unpaired) electrons. The summed E-state index contributed by atoms with van der Waals surface area (Å²) in [5, 5.41) is 2.89. The average Bonchev–Trinajstić information content (AvgIpc) is 3.06. The number of nitrogens with one attached hydrogen (secondary N) is 1. The van der Waals surface area contributed by atoms with Gasteiger partial charge in [-0.25, -0.2) is 0 Å². The van der Waals surface area contributed by atoms with Crippen LogP contribution in [0.4, 0.5) is 0 Å². The minimum Gasteiger partial charge on any atom is -0.454 e. The van der Waals surface area contributed by atoms with Crippen molar-refractivity contribution in [2.24, 2.45) is 0 Å². The van der Waals surface area contributed by atoms with E-state index in [0.29, 0.717) is 12.3 Å². The normalized spacial score (nSPS) is 16.7. The fraction of sp³-hybridized carbons (Fsp3) is 0.556. The largest absolute Gasteiger partial charge is 0.454 e. The van der Waals surface area contributed by atoms with Crippen LogP contribution in [0.25, 0.3) is 0 Å². The van der Waals surface area contributed by atoms with Crippen LogP contribution < -0.4 is 14.8 Å². The molecule has 6 nitrogen and oxygen atoms in total. The van der Waals surface area contributed by atoms with Crippen LogP contribution in [-0.2, 0) is 16.1 Å². The summed E-state index contributed by atoms with van der Waals surface area (Å²) in [6, 6.07) is 5.81. The second kappa shape index (κ2) is 7.55. The van der Waals surface area contributed by atoms with Gasteiger partial charge in [-0.05, 0) is 30.5 Å². The first-order chi connectivity index (χ1) is 11.6. The number of hydrogen-bond donors (Lipinski definition) is 1. The number of fused-ring (bicyclic) bond motifs is 1. The van der Waals surface area contributed by atoms with Crippen molar-refractivity contribution in [3.05, 3.63) is 23.8 Å². The molecule has 0 aromatic heterocycles. The van der Waals surface area contributed by atoms with E-state index in [1.165, 1.54) is 6.42 Å². The van der Waals surface area contributed by atoms with Crippen LogP contribution in [0.1, 0.15) is 44.6 Å². The summed E-state index contributed by atoms with van der Waals surface area (Å²) < 4.78 is 10.6. The van der Waals surface area contributed by atoms with E-state index in [1.807, 2.05) is 18.2 Å². The van der Waals surface area contributed by atoms with E-state index in [2.05, 4.69) is 5.32 Å². The fourth-order valence-electron chi connectivity index (χ4n) is 3.35. The molecule has 0 spiro atoms. The highest BCUT2D eigenvalue weighted by Crippen LogP contribution is 2.32. The third-order valence-corrected chi connectivity index (χ3v) is 4.66. The monoisotopic (exact) mass is 332 g/mol. The van der Waals surface area contributed by atoms with Gasteiger partial charge in [-0.1, -0.05) is 25.3 Å². The van der Waals surface area contributed by atoms with E-state index in [1.54, 1.807) is 11.8 Å². The number of rotatable bonds is 5. The van der Waals surface area contributed by atoms with E-state index in [-0.39, 0.29) is 31.2 Å². The zero-order chi connectivity index (χ0) is 16.9. The summed E-state index contributed by atoms with van der Waals surface area (Å²) in [6.07, 6.45) is 5.48. The van der Waals surface area contributed by atoms with Crippen molar-refractivity contribution in [1.29, 1.82) is 0 Å². The van der Waals surface area contributed by atoms with Crippen LogP contribution in [0, 0.1) is 0 Å². The summed E-state index contributed by atoms with van der Waals surface area (Å²) in [4.78, 5) is 25.9. The summed E-state index contributed by atoms with van der Waals surface area (Å²) in [5.74, 6) is 1.27. The molecule has 1 saturated carbocycles. The highest BCUT2D eigenvalue weighted by molar-refractivity contribution is 5.84. The van der Waals surface area contributed by atoms with Crippen molar-refractivity contribution >= 4 is 11.8 Å². The Labute approximate surface area is 142 Å². The van der Waals surface area contributed by atoms with Crippen LogP contribution in [0.3, 0.4) is 0 Å². The molecule has 2 aliphatic rings. The van der Waals surface area contributed by atoms with Gasteiger partial charge in [0, 0.05) is 19.5 Å². The van der Waals surface area contributed by atoms with E-state index < -0.39 is 0 Å². The van der Waals surface area contributed by atoms with Crippen LogP contribution in [-0.4, -0.2) is 36.1 Å². The first kappa shape index (κ1) is 16.6. The minimum absolute atomic E-state index is 0.0277. The van der Waals surface area contributed by atoms with Gasteiger partial charge in [-0.2, -0.15) is 0 Å². The first-order valence-electron chi connectivity index (χ1n) is 8.56. The maximum atomic E-state index is 12.2. The number of benzene rings is 1. The van der Waals surface area contributed by atoms with E-state index >= 15 is 0 Å². The molecule has 24 heavy (non-hydrogen) atoms. The zero-order valence-electron chi connectivity index (χ0n) is 14.0. The molecule has 0 atom stereocenters. The van der Waals surface area contributed by atoms with Gasteiger partial charge in [-0.15, -0.1) is 0 Å². The molecule has 1 aromatic carbocycles. The molecule has 3 rings (SSSR count). The number of amides is 2. The van der Waals surface area contributed by atoms with Gasteiger partial charge in [-0.3, -0.25) is 9.59 Å². The lowest BCUT2D eigenvalue weighted by atomic mass is 9.94.